The van der Waals surface area contributed by atoms with Crippen LogP contribution in [-0.2, 0) is 4.74 Å². The van der Waals surface area contributed by atoms with Gasteiger partial charge < -0.3 is 15.8 Å². The molecule has 0 aliphatic rings. The molecule has 0 aliphatic heterocycles. The van der Waals surface area contributed by atoms with E-state index in [0.717, 1.165) is 19.6 Å². The first kappa shape index (κ1) is 16.2. The number of ether oxygens (including phenoxy) is 1. The fraction of sp³-hybridized carbons (Fsp3) is 0.917. The van der Waals surface area contributed by atoms with Crippen molar-refractivity contribution >= 4 is 5.96 Å². The van der Waals surface area contributed by atoms with Crippen LogP contribution in [0, 0.1) is 0 Å². The first-order valence-electron chi connectivity index (χ1n) is 6.30. The lowest BCUT2D eigenvalue weighted by molar-refractivity contribution is 0.179. The summed E-state index contributed by atoms with van der Waals surface area (Å²) < 4.78 is 5.01. The molecule has 1 atom stereocenters. The van der Waals surface area contributed by atoms with E-state index < -0.39 is 0 Å². The molecule has 0 aromatic heterocycles. The molecule has 0 radical (unpaired) electrons. The van der Waals surface area contributed by atoms with Crippen molar-refractivity contribution < 1.29 is 4.74 Å². The van der Waals surface area contributed by atoms with Crippen LogP contribution in [0.2, 0.25) is 0 Å². The van der Waals surface area contributed by atoms with Crippen LogP contribution in [0.3, 0.4) is 0 Å². The third-order valence-corrected chi connectivity index (χ3v) is 2.62. The summed E-state index contributed by atoms with van der Waals surface area (Å²) in [6.45, 7) is 11.9. The Morgan fingerprint density at radius 1 is 1.41 bits per heavy atom. The van der Waals surface area contributed by atoms with E-state index in [1.807, 2.05) is 6.92 Å². The summed E-state index contributed by atoms with van der Waals surface area (Å²) in [5.41, 5.74) is 5.77. The molecule has 102 valence electrons. The molecule has 17 heavy (non-hydrogen) atoms. The Labute approximate surface area is 105 Å². The predicted octanol–water partition coefficient (Wildman–Crippen LogP) is 0.656. The lowest BCUT2D eigenvalue weighted by Crippen LogP contribution is -2.41. The second kappa shape index (κ2) is 9.24. The van der Waals surface area contributed by atoms with Crippen LogP contribution >= 0.6 is 0 Å². The molecule has 0 rings (SSSR count). The van der Waals surface area contributed by atoms with Crippen molar-refractivity contribution in [2.45, 2.75) is 39.8 Å². The Morgan fingerprint density at radius 3 is 2.53 bits per heavy atom. The second-order valence-electron chi connectivity index (χ2n) is 4.49. The molecule has 0 saturated heterocycles. The van der Waals surface area contributed by atoms with Crippen molar-refractivity contribution in [3.05, 3.63) is 0 Å². The van der Waals surface area contributed by atoms with Crippen molar-refractivity contribution in [2.75, 3.05) is 33.4 Å². The number of nitrogens with zero attached hydrogens (tertiary/aromatic N) is 2. The summed E-state index contributed by atoms with van der Waals surface area (Å²) in [7, 11) is 1.67. The zero-order valence-corrected chi connectivity index (χ0v) is 11.9. The van der Waals surface area contributed by atoms with Crippen molar-refractivity contribution in [1.29, 1.82) is 0 Å². The zero-order valence-electron chi connectivity index (χ0n) is 11.9. The number of hydrogen-bond acceptors (Lipinski definition) is 3. The van der Waals surface area contributed by atoms with Gasteiger partial charge in [0.05, 0.1) is 13.2 Å². The molecule has 0 heterocycles. The standard InChI is InChI=1S/C12H28N4O/c1-6-16(10(2)3)8-7-14-12(13)15-11(4)9-17-5/h10-11H,6-9H2,1-5H3,(H3,13,14,15). The van der Waals surface area contributed by atoms with Crippen LogP contribution < -0.4 is 11.1 Å². The minimum Gasteiger partial charge on any atom is -0.383 e. The highest BCUT2D eigenvalue weighted by atomic mass is 16.5. The second-order valence-corrected chi connectivity index (χ2v) is 4.49. The van der Waals surface area contributed by atoms with Crippen LogP contribution in [0.25, 0.3) is 0 Å². The fourth-order valence-electron chi connectivity index (χ4n) is 1.67. The van der Waals surface area contributed by atoms with Crippen molar-refractivity contribution in [3.63, 3.8) is 0 Å². The number of hydrogen-bond donors (Lipinski definition) is 2. The summed E-state index contributed by atoms with van der Waals surface area (Å²) >= 11 is 0. The molecular formula is C12H28N4O. The van der Waals surface area contributed by atoms with E-state index in [0.29, 0.717) is 18.6 Å². The van der Waals surface area contributed by atoms with Crippen LogP contribution in [0.15, 0.2) is 4.99 Å². The maximum Gasteiger partial charge on any atom is 0.188 e. The highest BCUT2D eigenvalue weighted by Crippen LogP contribution is 1.96. The van der Waals surface area contributed by atoms with Gasteiger partial charge in [-0.25, -0.2) is 0 Å². The number of nitrogens with one attached hydrogen (secondary N) is 1. The average Bonchev–Trinajstić information content (AvgIpc) is 2.24. The van der Waals surface area contributed by atoms with Gasteiger partial charge in [0.25, 0.3) is 0 Å². The maximum atomic E-state index is 5.77. The van der Waals surface area contributed by atoms with Gasteiger partial charge in [-0.2, -0.15) is 0 Å². The first-order valence-corrected chi connectivity index (χ1v) is 6.30. The van der Waals surface area contributed by atoms with Gasteiger partial charge in [0.1, 0.15) is 0 Å². The molecular weight excluding hydrogens is 216 g/mol. The average molecular weight is 244 g/mol. The molecule has 3 N–H and O–H groups in total. The van der Waals surface area contributed by atoms with E-state index in [9.17, 15) is 0 Å². The van der Waals surface area contributed by atoms with E-state index in [-0.39, 0.29) is 6.04 Å². The molecule has 0 aliphatic carbocycles. The highest BCUT2D eigenvalue weighted by molar-refractivity contribution is 5.78. The molecule has 0 fully saturated rings. The van der Waals surface area contributed by atoms with Gasteiger partial charge in [-0.1, -0.05) is 6.92 Å². The molecule has 0 spiro atoms. The molecule has 5 heteroatoms. The summed E-state index contributed by atoms with van der Waals surface area (Å²) in [6, 6.07) is 0.743. The summed E-state index contributed by atoms with van der Waals surface area (Å²) in [5, 5.41) is 3.09. The minimum atomic E-state index is 0.191. The largest absolute Gasteiger partial charge is 0.383 e. The van der Waals surface area contributed by atoms with E-state index in [4.69, 9.17) is 10.5 Å². The topological polar surface area (TPSA) is 62.9 Å². The SMILES string of the molecule is CCN(CCN=C(N)NC(C)COC)C(C)C. The number of rotatable bonds is 8. The molecule has 0 aromatic rings. The number of nitrogens with two attached hydrogens (primary N) is 1. The Bertz CT molecular complexity index is 219. The van der Waals surface area contributed by atoms with Crippen molar-refractivity contribution in [2.24, 2.45) is 10.7 Å². The highest BCUT2D eigenvalue weighted by Gasteiger charge is 2.06. The monoisotopic (exact) mass is 244 g/mol. The van der Waals surface area contributed by atoms with Gasteiger partial charge in [0.15, 0.2) is 5.96 Å². The van der Waals surface area contributed by atoms with Gasteiger partial charge in [-0.15, -0.1) is 0 Å². The third-order valence-electron chi connectivity index (χ3n) is 2.62. The van der Waals surface area contributed by atoms with Crippen molar-refractivity contribution in [3.8, 4) is 0 Å². The van der Waals surface area contributed by atoms with E-state index in [1.54, 1.807) is 7.11 Å². The van der Waals surface area contributed by atoms with Crippen LogP contribution in [0.5, 0.6) is 0 Å². The number of aliphatic imine (C=N–C) groups is 1. The Kier molecular flexibility index (Phi) is 8.80. The van der Waals surface area contributed by atoms with E-state index in [2.05, 4.69) is 36.0 Å². The Morgan fingerprint density at radius 2 is 2.06 bits per heavy atom. The predicted molar refractivity (Wildman–Crippen MR) is 73.3 cm³/mol. The maximum absolute atomic E-state index is 5.77. The van der Waals surface area contributed by atoms with Gasteiger partial charge in [-0.3, -0.25) is 9.89 Å². The van der Waals surface area contributed by atoms with E-state index in [1.165, 1.54) is 0 Å². The molecule has 0 amide bonds. The quantitative estimate of drug-likeness (QED) is 0.486. The molecule has 0 bridgehead atoms. The molecule has 5 nitrogen and oxygen atoms in total. The number of guanidine groups is 1. The fourth-order valence-corrected chi connectivity index (χ4v) is 1.67. The Hall–Kier alpha value is -0.810. The molecule has 0 aromatic carbocycles. The van der Waals surface area contributed by atoms with E-state index >= 15 is 0 Å². The van der Waals surface area contributed by atoms with Gasteiger partial charge in [-0.05, 0) is 27.3 Å². The smallest absolute Gasteiger partial charge is 0.188 e. The summed E-state index contributed by atoms with van der Waals surface area (Å²) in [6.07, 6.45) is 0. The van der Waals surface area contributed by atoms with Gasteiger partial charge in [0.2, 0.25) is 0 Å². The molecule has 0 saturated carbocycles. The Balaban J connectivity index is 3.90. The molecule has 1 unspecified atom stereocenters. The van der Waals surface area contributed by atoms with Crippen LogP contribution in [0.1, 0.15) is 27.7 Å². The lowest BCUT2D eigenvalue weighted by atomic mass is 10.3. The summed E-state index contributed by atoms with van der Waals surface area (Å²) in [5.74, 6) is 0.495. The van der Waals surface area contributed by atoms with Gasteiger partial charge >= 0.3 is 0 Å². The number of likely N-dealkylation sites (N-methyl/N-ethyl adjacent to an activating group) is 1. The lowest BCUT2D eigenvalue weighted by Gasteiger charge is -2.23. The van der Waals surface area contributed by atoms with Crippen molar-refractivity contribution in [1.82, 2.24) is 10.2 Å². The summed E-state index contributed by atoms with van der Waals surface area (Å²) in [4.78, 5) is 6.66. The first-order chi connectivity index (χ1) is 8.01. The van der Waals surface area contributed by atoms with Crippen LogP contribution in [-0.4, -0.2) is 56.3 Å². The zero-order chi connectivity index (χ0) is 13.3. The minimum absolute atomic E-state index is 0.191. The normalized spacial score (nSPS) is 14.4. The van der Waals surface area contributed by atoms with Gasteiger partial charge in [0, 0.05) is 25.7 Å². The third kappa shape index (κ3) is 7.99. The number of methoxy groups -OCH3 is 1. The van der Waals surface area contributed by atoms with Crippen LogP contribution in [0.4, 0.5) is 0 Å².